The third kappa shape index (κ3) is 7.20. The summed E-state index contributed by atoms with van der Waals surface area (Å²) >= 11 is 0. The number of hydrogen-bond donors (Lipinski definition) is 4. The molecule has 1 atom stereocenters. The zero-order valence-electron chi connectivity index (χ0n) is 23.1. The minimum atomic E-state index is -1.62. The number of halogens is 1. The van der Waals surface area contributed by atoms with Crippen LogP contribution in [0, 0.1) is 0 Å². The number of rotatable bonds is 11. The highest BCUT2D eigenvalue weighted by molar-refractivity contribution is 5.99. The molecule has 10 heteroatoms. The number of nitrogens with zero attached hydrogens (tertiary/aromatic N) is 3. The highest BCUT2D eigenvalue weighted by Gasteiger charge is 2.27. The topological polar surface area (TPSA) is 121 Å². The van der Waals surface area contributed by atoms with Crippen LogP contribution in [0.1, 0.15) is 49.2 Å². The van der Waals surface area contributed by atoms with Gasteiger partial charge in [0, 0.05) is 42.6 Å². The van der Waals surface area contributed by atoms with Gasteiger partial charge < -0.3 is 21.1 Å². The van der Waals surface area contributed by atoms with E-state index >= 15 is 0 Å². The van der Waals surface area contributed by atoms with Crippen LogP contribution in [-0.4, -0.2) is 55.8 Å². The van der Waals surface area contributed by atoms with E-state index in [0.717, 1.165) is 16.5 Å². The van der Waals surface area contributed by atoms with E-state index in [0.29, 0.717) is 30.1 Å². The predicted octanol–water partition coefficient (Wildman–Crippen LogP) is 3.94. The van der Waals surface area contributed by atoms with Gasteiger partial charge in [0.2, 0.25) is 5.91 Å². The molecule has 3 aromatic heterocycles. The van der Waals surface area contributed by atoms with Gasteiger partial charge in [-0.2, -0.15) is 0 Å². The minimum Gasteiger partial charge on any atom is -0.387 e. The second-order valence-corrected chi connectivity index (χ2v) is 10.6. The molecule has 4 N–H and O–H groups in total. The number of carbonyl (C=O) groups is 2. The molecule has 3 heterocycles. The van der Waals surface area contributed by atoms with E-state index in [9.17, 15) is 19.1 Å². The summed E-state index contributed by atoms with van der Waals surface area (Å²) in [6.07, 6.45) is 3.69. The number of aliphatic hydroxyl groups is 1. The van der Waals surface area contributed by atoms with Crippen molar-refractivity contribution in [3.8, 4) is 5.82 Å². The average Bonchev–Trinajstić information content (AvgIpc) is 3.33. The number of carbonyl (C=O) groups excluding carboxylic acids is 2. The van der Waals surface area contributed by atoms with Gasteiger partial charge in [0.25, 0.3) is 5.91 Å². The predicted molar refractivity (Wildman–Crippen MR) is 153 cm³/mol. The Hall–Kier alpha value is -4.31. The van der Waals surface area contributed by atoms with Gasteiger partial charge in [-0.25, -0.2) is 14.4 Å². The van der Waals surface area contributed by atoms with Crippen molar-refractivity contribution < 1.29 is 19.1 Å². The molecule has 0 unspecified atom stereocenters. The van der Waals surface area contributed by atoms with Crippen molar-refractivity contribution in [3.63, 3.8) is 0 Å². The first-order valence-electron chi connectivity index (χ1n) is 13.2. The molecule has 0 aliphatic carbocycles. The molecule has 40 heavy (non-hydrogen) atoms. The molecule has 0 aliphatic rings. The van der Waals surface area contributed by atoms with Crippen molar-refractivity contribution in [3.05, 3.63) is 83.8 Å². The number of aromatic nitrogens is 3. The highest BCUT2D eigenvalue weighted by Crippen LogP contribution is 2.24. The number of hydrogen-bond acceptors (Lipinski definition) is 6. The van der Waals surface area contributed by atoms with Gasteiger partial charge in [-0.3, -0.25) is 14.2 Å². The first-order chi connectivity index (χ1) is 19.0. The molecule has 210 valence electrons. The van der Waals surface area contributed by atoms with E-state index in [2.05, 4.69) is 25.9 Å². The summed E-state index contributed by atoms with van der Waals surface area (Å²) in [5, 5.41) is 19.4. The molecule has 0 saturated carbocycles. The van der Waals surface area contributed by atoms with Gasteiger partial charge >= 0.3 is 0 Å². The molecule has 0 fully saturated rings. The van der Waals surface area contributed by atoms with Crippen molar-refractivity contribution >= 4 is 28.5 Å². The van der Waals surface area contributed by atoms with Crippen molar-refractivity contribution in [2.45, 2.75) is 58.5 Å². The van der Waals surface area contributed by atoms with Gasteiger partial charge in [-0.05, 0) is 51.0 Å². The second kappa shape index (κ2) is 12.3. The van der Waals surface area contributed by atoms with E-state index in [1.165, 1.54) is 20.0 Å². The fourth-order valence-electron chi connectivity index (χ4n) is 4.11. The number of fused-ring (bicyclic) bond motifs is 1. The Bertz CT molecular complexity index is 1480. The van der Waals surface area contributed by atoms with Crippen LogP contribution in [0.2, 0.25) is 0 Å². The summed E-state index contributed by atoms with van der Waals surface area (Å²) in [5.74, 6) is -0.0148. The van der Waals surface area contributed by atoms with Crippen LogP contribution in [-0.2, 0) is 17.8 Å². The van der Waals surface area contributed by atoms with Gasteiger partial charge in [0.1, 0.15) is 17.6 Å². The fourth-order valence-corrected chi connectivity index (χ4v) is 4.11. The summed E-state index contributed by atoms with van der Waals surface area (Å²) in [6.45, 7) is 6.63. The molecule has 0 radical (unpaired) electrons. The summed E-state index contributed by atoms with van der Waals surface area (Å²) in [5.41, 5.74) is 1.73. The number of amides is 2. The van der Waals surface area contributed by atoms with Gasteiger partial charge in [0.15, 0.2) is 0 Å². The van der Waals surface area contributed by atoms with Gasteiger partial charge in [-0.15, -0.1) is 0 Å². The third-order valence-corrected chi connectivity index (χ3v) is 6.31. The maximum atomic E-state index is 14.2. The lowest BCUT2D eigenvalue weighted by Gasteiger charge is -2.23. The third-order valence-electron chi connectivity index (χ3n) is 6.31. The second-order valence-electron chi connectivity index (χ2n) is 10.6. The minimum absolute atomic E-state index is 0.0197. The summed E-state index contributed by atoms with van der Waals surface area (Å²) in [6, 6.07) is 15.2. The summed E-state index contributed by atoms with van der Waals surface area (Å²) < 4.78 is 16.0. The van der Waals surface area contributed by atoms with E-state index in [4.69, 9.17) is 0 Å². The summed E-state index contributed by atoms with van der Waals surface area (Å²) in [7, 11) is 0. The zero-order chi connectivity index (χ0) is 28.9. The SMILES string of the molecule is CC(C)Nc1cc(-n2ccc3cc(CNC(=O)Cc4ccccc4)cnc32)ncc1C(=O)NC[C@@H](F)C(C)(C)O. The van der Waals surface area contributed by atoms with Crippen molar-refractivity contribution in [2.24, 2.45) is 0 Å². The maximum absolute atomic E-state index is 14.2. The van der Waals surface area contributed by atoms with Crippen LogP contribution < -0.4 is 16.0 Å². The lowest BCUT2D eigenvalue weighted by atomic mass is 10.0. The van der Waals surface area contributed by atoms with Crippen LogP contribution in [0.4, 0.5) is 10.1 Å². The maximum Gasteiger partial charge on any atom is 0.255 e. The molecule has 4 aromatic rings. The molecule has 2 amide bonds. The zero-order valence-corrected chi connectivity index (χ0v) is 23.1. The monoisotopic (exact) mass is 546 g/mol. The molecular formula is C30H35FN6O3. The molecule has 0 aliphatic heterocycles. The Labute approximate surface area is 232 Å². The van der Waals surface area contributed by atoms with Gasteiger partial charge in [-0.1, -0.05) is 30.3 Å². The smallest absolute Gasteiger partial charge is 0.255 e. The van der Waals surface area contributed by atoms with E-state index in [-0.39, 0.29) is 24.1 Å². The Balaban J connectivity index is 1.50. The fraction of sp³-hybridized carbons (Fsp3) is 0.333. The number of anilines is 1. The van der Waals surface area contributed by atoms with Crippen LogP contribution in [0.15, 0.2) is 67.1 Å². The first-order valence-corrected chi connectivity index (χ1v) is 13.2. The Morgan fingerprint density at radius 3 is 2.48 bits per heavy atom. The standard InChI is InChI=1S/C30H35FN6O3/c1-19(2)36-24-14-26(32-17-23(24)29(39)35-18-25(31)30(3,4)40)37-11-10-22-12-21(16-34-28(22)37)15-33-27(38)13-20-8-6-5-7-9-20/h5-12,14,16-17,19,25,40H,13,15,18H2,1-4H3,(H,32,36)(H,33,38)(H,35,39)/t25-/m1/s1. The van der Waals surface area contributed by atoms with E-state index in [1.54, 1.807) is 12.3 Å². The van der Waals surface area contributed by atoms with Gasteiger partial charge in [0.05, 0.1) is 29.8 Å². The highest BCUT2D eigenvalue weighted by atomic mass is 19.1. The Kier molecular flexibility index (Phi) is 8.79. The van der Waals surface area contributed by atoms with Crippen LogP contribution in [0.5, 0.6) is 0 Å². The lowest BCUT2D eigenvalue weighted by molar-refractivity contribution is -0.120. The normalized spacial score (nSPS) is 12.4. The molecule has 0 bridgehead atoms. The quantitative estimate of drug-likeness (QED) is 0.226. The molecule has 9 nitrogen and oxygen atoms in total. The van der Waals surface area contributed by atoms with Crippen molar-refractivity contribution in [1.29, 1.82) is 0 Å². The number of pyridine rings is 2. The lowest BCUT2D eigenvalue weighted by Crippen LogP contribution is -2.42. The average molecular weight is 547 g/mol. The number of benzene rings is 1. The van der Waals surface area contributed by atoms with Crippen LogP contribution >= 0.6 is 0 Å². The largest absolute Gasteiger partial charge is 0.387 e. The molecule has 0 spiro atoms. The molecule has 0 saturated heterocycles. The first kappa shape index (κ1) is 28.7. The van der Waals surface area contributed by atoms with Crippen molar-refractivity contribution in [2.75, 3.05) is 11.9 Å². The number of nitrogens with one attached hydrogen (secondary N) is 3. The van der Waals surface area contributed by atoms with Crippen molar-refractivity contribution in [1.82, 2.24) is 25.2 Å². The molecule has 4 rings (SSSR count). The summed E-state index contributed by atoms with van der Waals surface area (Å²) in [4.78, 5) is 34.3. The molecule has 1 aromatic carbocycles. The Morgan fingerprint density at radius 2 is 1.77 bits per heavy atom. The van der Waals surface area contributed by atoms with Crippen LogP contribution in [0.3, 0.4) is 0 Å². The van der Waals surface area contributed by atoms with E-state index < -0.39 is 17.7 Å². The number of alkyl halides is 1. The van der Waals surface area contributed by atoms with E-state index in [1.807, 2.05) is 67.1 Å². The molecular weight excluding hydrogens is 511 g/mol. The van der Waals surface area contributed by atoms with Crippen LogP contribution in [0.25, 0.3) is 16.9 Å². The Morgan fingerprint density at radius 1 is 1.02 bits per heavy atom.